The molecule has 2 aromatic carbocycles. The topological polar surface area (TPSA) is 110 Å². The van der Waals surface area contributed by atoms with Crippen molar-refractivity contribution in [3.8, 4) is 11.5 Å². The van der Waals surface area contributed by atoms with Crippen molar-refractivity contribution in [3.63, 3.8) is 0 Å². The lowest BCUT2D eigenvalue weighted by Gasteiger charge is -2.14. The van der Waals surface area contributed by atoms with Crippen molar-refractivity contribution >= 4 is 17.7 Å². The highest BCUT2D eigenvalue weighted by Crippen LogP contribution is 2.30. The van der Waals surface area contributed by atoms with Crippen molar-refractivity contribution < 1.29 is 34.1 Å². The van der Waals surface area contributed by atoms with Gasteiger partial charge >= 0.3 is 11.9 Å². The molecule has 0 unspecified atom stereocenters. The van der Waals surface area contributed by atoms with Gasteiger partial charge in [-0.15, -0.1) is 0 Å². The van der Waals surface area contributed by atoms with Gasteiger partial charge in [0.15, 0.2) is 17.3 Å². The summed E-state index contributed by atoms with van der Waals surface area (Å²) in [6, 6.07) is 8.32. The van der Waals surface area contributed by atoms with E-state index in [0.29, 0.717) is 24.7 Å². The number of aromatic carboxylic acids is 2. The van der Waals surface area contributed by atoms with Crippen LogP contribution in [0.15, 0.2) is 36.4 Å². The SMILES string of the molecule is CCCCCCCCOc1ccc(C(=O)c2cc(C(=O)O)cc(C(=O)O)c2)cc1OCCCCCCCC. The van der Waals surface area contributed by atoms with Crippen LogP contribution in [0.25, 0.3) is 0 Å². The Kier molecular flexibility index (Phi) is 14.0. The Balaban J connectivity index is 2.16. The molecule has 0 heterocycles. The summed E-state index contributed by atoms with van der Waals surface area (Å²) in [5, 5.41) is 18.7. The van der Waals surface area contributed by atoms with E-state index in [1.165, 1.54) is 57.1 Å². The summed E-state index contributed by atoms with van der Waals surface area (Å²) >= 11 is 0. The summed E-state index contributed by atoms with van der Waals surface area (Å²) in [5.41, 5.74) is -0.253. The van der Waals surface area contributed by atoms with E-state index in [4.69, 9.17) is 9.47 Å². The highest BCUT2D eigenvalue weighted by atomic mass is 16.5. The van der Waals surface area contributed by atoms with E-state index in [9.17, 15) is 24.6 Å². The van der Waals surface area contributed by atoms with Gasteiger partial charge in [0, 0.05) is 11.1 Å². The van der Waals surface area contributed by atoms with Gasteiger partial charge in [-0.05, 0) is 49.2 Å². The van der Waals surface area contributed by atoms with Crippen LogP contribution in [0.1, 0.15) is 128 Å². The van der Waals surface area contributed by atoms with Crippen molar-refractivity contribution in [2.24, 2.45) is 0 Å². The van der Waals surface area contributed by atoms with Gasteiger partial charge in [0.1, 0.15) is 0 Å². The normalized spacial score (nSPS) is 10.8. The van der Waals surface area contributed by atoms with Gasteiger partial charge in [-0.3, -0.25) is 4.79 Å². The fourth-order valence-corrected chi connectivity index (χ4v) is 4.18. The summed E-state index contributed by atoms with van der Waals surface area (Å²) in [7, 11) is 0. The Bertz CT molecular complexity index is 1010. The summed E-state index contributed by atoms with van der Waals surface area (Å²) < 4.78 is 12.0. The molecule has 0 amide bonds. The number of ketones is 1. The van der Waals surface area contributed by atoms with Gasteiger partial charge in [-0.25, -0.2) is 9.59 Å². The Morgan fingerprint density at radius 2 is 1.00 bits per heavy atom. The van der Waals surface area contributed by atoms with E-state index in [-0.39, 0.29) is 22.3 Å². The van der Waals surface area contributed by atoms with Crippen LogP contribution in [-0.2, 0) is 0 Å². The number of unbranched alkanes of at least 4 members (excludes halogenated alkanes) is 10. The summed E-state index contributed by atoms with van der Waals surface area (Å²) in [6.07, 6.45) is 13.6. The Labute approximate surface area is 226 Å². The maximum Gasteiger partial charge on any atom is 0.335 e. The monoisotopic (exact) mass is 526 g/mol. The second-order valence-corrected chi connectivity index (χ2v) is 9.63. The van der Waals surface area contributed by atoms with Crippen LogP contribution in [0.3, 0.4) is 0 Å². The minimum atomic E-state index is -1.30. The second-order valence-electron chi connectivity index (χ2n) is 9.63. The van der Waals surface area contributed by atoms with Crippen LogP contribution in [-0.4, -0.2) is 41.1 Å². The lowest BCUT2D eigenvalue weighted by Crippen LogP contribution is -2.09. The number of hydrogen-bond donors (Lipinski definition) is 2. The van der Waals surface area contributed by atoms with Crippen LogP contribution >= 0.6 is 0 Å². The lowest BCUT2D eigenvalue weighted by atomic mass is 9.98. The molecule has 0 radical (unpaired) electrons. The summed E-state index contributed by atoms with van der Waals surface area (Å²) in [4.78, 5) is 36.2. The standard InChI is InChI=1S/C31H42O7/c1-3-5-7-9-11-13-17-37-27-16-15-23(22-28(27)38-18-14-12-10-8-6-4-2)29(32)24-19-25(30(33)34)21-26(20-24)31(35)36/h15-16,19-22H,3-14,17-18H2,1-2H3,(H,33,34)(H,35,36). The minimum Gasteiger partial charge on any atom is -0.490 e. The molecule has 2 rings (SSSR count). The zero-order chi connectivity index (χ0) is 27.8. The predicted octanol–water partition coefficient (Wildman–Crippen LogP) is 7.79. The van der Waals surface area contributed by atoms with Crippen LogP contribution in [0, 0.1) is 0 Å². The third kappa shape index (κ3) is 10.6. The molecule has 7 nitrogen and oxygen atoms in total. The molecule has 0 aliphatic rings. The van der Waals surface area contributed by atoms with Gasteiger partial charge in [0.25, 0.3) is 0 Å². The lowest BCUT2D eigenvalue weighted by molar-refractivity contribution is 0.0696. The molecule has 0 spiro atoms. The zero-order valence-corrected chi connectivity index (χ0v) is 22.8. The summed E-state index contributed by atoms with van der Waals surface area (Å²) in [6.45, 7) is 5.42. The van der Waals surface area contributed by atoms with Crippen molar-refractivity contribution in [2.75, 3.05) is 13.2 Å². The molecular formula is C31H42O7. The highest BCUT2D eigenvalue weighted by molar-refractivity contribution is 6.11. The summed E-state index contributed by atoms with van der Waals surface area (Å²) in [5.74, 6) is -2.07. The zero-order valence-electron chi connectivity index (χ0n) is 22.8. The Hall–Kier alpha value is -3.35. The van der Waals surface area contributed by atoms with Crippen molar-refractivity contribution in [3.05, 3.63) is 58.7 Å². The fourth-order valence-electron chi connectivity index (χ4n) is 4.18. The number of ether oxygens (including phenoxy) is 2. The van der Waals surface area contributed by atoms with Crippen molar-refractivity contribution in [1.29, 1.82) is 0 Å². The minimum absolute atomic E-state index is 0.00933. The highest BCUT2D eigenvalue weighted by Gasteiger charge is 2.18. The van der Waals surface area contributed by atoms with Crippen molar-refractivity contribution in [1.82, 2.24) is 0 Å². The number of rotatable bonds is 20. The Morgan fingerprint density at radius 1 is 0.553 bits per heavy atom. The average Bonchev–Trinajstić information content (AvgIpc) is 2.91. The average molecular weight is 527 g/mol. The number of carbonyl (C=O) groups is 3. The quantitative estimate of drug-likeness (QED) is 0.134. The number of benzene rings is 2. The first kappa shape index (κ1) is 30.9. The molecule has 38 heavy (non-hydrogen) atoms. The molecule has 2 N–H and O–H groups in total. The molecular weight excluding hydrogens is 484 g/mol. The van der Waals surface area contributed by atoms with Crippen LogP contribution in [0.5, 0.6) is 11.5 Å². The number of carboxylic acids is 2. The molecule has 7 heteroatoms. The van der Waals surface area contributed by atoms with E-state index in [2.05, 4.69) is 13.8 Å². The van der Waals surface area contributed by atoms with Gasteiger partial charge in [-0.2, -0.15) is 0 Å². The maximum atomic E-state index is 13.2. The van der Waals surface area contributed by atoms with E-state index >= 15 is 0 Å². The Morgan fingerprint density at radius 3 is 1.50 bits per heavy atom. The third-order valence-corrected chi connectivity index (χ3v) is 6.41. The molecule has 0 saturated heterocycles. The first-order valence-electron chi connectivity index (χ1n) is 13.9. The van der Waals surface area contributed by atoms with E-state index in [1.807, 2.05) is 0 Å². The first-order chi connectivity index (χ1) is 18.4. The van der Waals surface area contributed by atoms with E-state index < -0.39 is 17.7 Å². The molecule has 0 saturated carbocycles. The number of carboxylic acid groups (broad SMARTS) is 2. The van der Waals surface area contributed by atoms with Crippen LogP contribution in [0.2, 0.25) is 0 Å². The smallest absolute Gasteiger partial charge is 0.335 e. The second kappa shape index (κ2) is 17.2. The van der Waals surface area contributed by atoms with E-state index in [0.717, 1.165) is 38.2 Å². The molecule has 0 aliphatic carbocycles. The number of carbonyl (C=O) groups excluding carboxylic acids is 1. The largest absolute Gasteiger partial charge is 0.490 e. The van der Waals surface area contributed by atoms with E-state index in [1.54, 1.807) is 18.2 Å². The molecule has 0 fully saturated rings. The maximum absolute atomic E-state index is 13.2. The van der Waals surface area contributed by atoms with Gasteiger partial charge in [-0.1, -0.05) is 78.1 Å². The van der Waals surface area contributed by atoms with Crippen LogP contribution in [0.4, 0.5) is 0 Å². The molecule has 0 bridgehead atoms. The molecule has 0 atom stereocenters. The van der Waals surface area contributed by atoms with Crippen LogP contribution < -0.4 is 9.47 Å². The van der Waals surface area contributed by atoms with Gasteiger partial charge < -0.3 is 19.7 Å². The first-order valence-corrected chi connectivity index (χ1v) is 13.9. The van der Waals surface area contributed by atoms with Gasteiger partial charge in [0.05, 0.1) is 24.3 Å². The molecule has 2 aromatic rings. The van der Waals surface area contributed by atoms with Crippen molar-refractivity contribution in [2.45, 2.75) is 90.9 Å². The number of hydrogen-bond acceptors (Lipinski definition) is 5. The third-order valence-electron chi connectivity index (χ3n) is 6.41. The molecule has 208 valence electrons. The predicted molar refractivity (Wildman–Crippen MR) is 148 cm³/mol. The molecule has 0 aromatic heterocycles. The fraction of sp³-hybridized carbons (Fsp3) is 0.516. The van der Waals surface area contributed by atoms with Gasteiger partial charge in [0.2, 0.25) is 0 Å². The molecule has 0 aliphatic heterocycles.